The van der Waals surface area contributed by atoms with E-state index in [-0.39, 0.29) is 0 Å². The van der Waals surface area contributed by atoms with Gasteiger partial charge in [-0.25, -0.2) is 9.97 Å². The predicted octanol–water partition coefficient (Wildman–Crippen LogP) is 3.96. The van der Waals surface area contributed by atoms with E-state index in [0.717, 1.165) is 28.4 Å². The van der Waals surface area contributed by atoms with Crippen molar-refractivity contribution in [2.45, 2.75) is 19.9 Å². The van der Waals surface area contributed by atoms with E-state index in [1.54, 1.807) is 0 Å². The molecule has 18 heavy (non-hydrogen) atoms. The van der Waals surface area contributed by atoms with Crippen molar-refractivity contribution in [3.8, 4) is 0 Å². The monoisotopic (exact) mass is 281 g/mol. The molecule has 0 radical (unpaired) electrons. The van der Waals surface area contributed by atoms with E-state index in [4.69, 9.17) is 23.2 Å². The molecule has 0 aliphatic rings. The average Bonchev–Trinajstić information content (AvgIpc) is 2.38. The summed E-state index contributed by atoms with van der Waals surface area (Å²) in [6.07, 6.45) is 2.24. The highest BCUT2D eigenvalue weighted by Gasteiger charge is 2.08. The standard InChI is InChI=1S/C13H13Cl2N3/c1-2-10-12(15)17-8-18-13(10)16-7-9-5-3-4-6-11(9)14/h3-6,8H,2,7H2,1H3,(H,16,17,18). The number of rotatable bonds is 4. The molecule has 5 heteroatoms. The first-order valence-electron chi connectivity index (χ1n) is 5.69. The summed E-state index contributed by atoms with van der Waals surface area (Å²) in [5.41, 5.74) is 1.95. The SMILES string of the molecule is CCc1c(Cl)ncnc1NCc1ccccc1Cl. The third-order valence-electron chi connectivity index (χ3n) is 2.65. The van der Waals surface area contributed by atoms with E-state index in [9.17, 15) is 0 Å². The van der Waals surface area contributed by atoms with Crippen molar-refractivity contribution in [1.82, 2.24) is 9.97 Å². The van der Waals surface area contributed by atoms with Gasteiger partial charge in [0.2, 0.25) is 0 Å². The van der Waals surface area contributed by atoms with Gasteiger partial charge in [-0.15, -0.1) is 0 Å². The van der Waals surface area contributed by atoms with Gasteiger partial charge in [0.15, 0.2) is 0 Å². The molecule has 0 aliphatic carbocycles. The number of halogens is 2. The van der Waals surface area contributed by atoms with Crippen molar-refractivity contribution in [2.24, 2.45) is 0 Å². The molecular formula is C13H13Cl2N3. The molecule has 94 valence electrons. The Labute approximate surface area is 116 Å². The molecule has 0 atom stereocenters. The van der Waals surface area contributed by atoms with Crippen LogP contribution in [-0.4, -0.2) is 9.97 Å². The van der Waals surface area contributed by atoms with Crippen molar-refractivity contribution >= 4 is 29.0 Å². The maximum absolute atomic E-state index is 6.10. The van der Waals surface area contributed by atoms with Crippen molar-refractivity contribution < 1.29 is 0 Å². The summed E-state index contributed by atoms with van der Waals surface area (Å²) in [5.74, 6) is 0.761. The third kappa shape index (κ3) is 2.92. The molecule has 3 nitrogen and oxygen atoms in total. The highest BCUT2D eigenvalue weighted by atomic mass is 35.5. The molecule has 0 aliphatic heterocycles. The average molecular weight is 282 g/mol. The molecule has 0 saturated carbocycles. The van der Waals surface area contributed by atoms with E-state index in [0.29, 0.717) is 11.7 Å². The van der Waals surface area contributed by atoms with Gasteiger partial charge in [0.1, 0.15) is 17.3 Å². The summed E-state index contributed by atoms with van der Waals surface area (Å²) in [4.78, 5) is 8.18. The first-order valence-corrected chi connectivity index (χ1v) is 6.44. The lowest BCUT2D eigenvalue weighted by molar-refractivity contribution is 1.01. The van der Waals surface area contributed by atoms with E-state index in [1.807, 2.05) is 31.2 Å². The van der Waals surface area contributed by atoms with Crippen LogP contribution in [0.4, 0.5) is 5.82 Å². The Morgan fingerprint density at radius 2 is 1.94 bits per heavy atom. The zero-order valence-corrected chi connectivity index (χ0v) is 11.5. The van der Waals surface area contributed by atoms with Crippen LogP contribution in [0.2, 0.25) is 10.2 Å². The Morgan fingerprint density at radius 3 is 2.67 bits per heavy atom. The Kier molecular flexibility index (Phi) is 4.39. The topological polar surface area (TPSA) is 37.8 Å². The van der Waals surface area contributed by atoms with Gasteiger partial charge in [-0.3, -0.25) is 0 Å². The van der Waals surface area contributed by atoms with Crippen molar-refractivity contribution in [3.05, 3.63) is 51.9 Å². The molecule has 0 bridgehead atoms. The van der Waals surface area contributed by atoms with Gasteiger partial charge >= 0.3 is 0 Å². The van der Waals surface area contributed by atoms with Crippen LogP contribution in [0.3, 0.4) is 0 Å². The predicted molar refractivity (Wildman–Crippen MR) is 75.2 cm³/mol. The van der Waals surface area contributed by atoms with E-state index < -0.39 is 0 Å². The van der Waals surface area contributed by atoms with Crippen LogP contribution >= 0.6 is 23.2 Å². The first-order chi connectivity index (χ1) is 8.72. The molecular weight excluding hydrogens is 269 g/mol. The fourth-order valence-corrected chi connectivity index (χ4v) is 2.15. The molecule has 1 N–H and O–H groups in total. The lowest BCUT2D eigenvalue weighted by Crippen LogP contribution is -2.05. The largest absolute Gasteiger partial charge is 0.366 e. The highest BCUT2D eigenvalue weighted by molar-refractivity contribution is 6.31. The first kappa shape index (κ1) is 13.1. The minimum absolute atomic E-state index is 0.495. The third-order valence-corrected chi connectivity index (χ3v) is 3.34. The Hall–Kier alpha value is -1.32. The molecule has 0 saturated heterocycles. The van der Waals surface area contributed by atoms with Gasteiger partial charge in [0, 0.05) is 17.1 Å². The summed E-state index contributed by atoms with van der Waals surface area (Å²) >= 11 is 12.1. The molecule has 2 rings (SSSR count). The Bertz CT molecular complexity index is 544. The smallest absolute Gasteiger partial charge is 0.137 e. The summed E-state index contributed by atoms with van der Waals surface area (Å²) in [6.45, 7) is 2.63. The Balaban J connectivity index is 2.16. The molecule has 0 unspecified atom stereocenters. The second kappa shape index (κ2) is 6.03. The van der Waals surface area contributed by atoms with Crippen molar-refractivity contribution in [3.63, 3.8) is 0 Å². The van der Waals surface area contributed by atoms with Crippen LogP contribution in [0.5, 0.6) is 0 Å². The van der Waals surface area contributed by atoms with Crippen LogP contribution in [0.15, 0.2) is 30.6 Å². The minimum atomic E-state index is 0.495. The number of nitrogens with one attached hydrogen (secondary N) is 1. The van der Waals surface area contributed by atoms with Crippen molar-refractivity contribution in [1.29, 1.82) is 0 Å². The number of aromatic nitrogens is 2. The maximum Gasteiger partial charge on any atom is 0.137 e. The molecule has 1 heterocycles. The molecule has 1 aromatic carbocycles. The highest BCUT2D eigenvalue weighted by Crippen LogP contribution is 2.22. The second-order valence-corrected chi connectivity index (χ2v) is 4.56. The number of anilines is 1. The Morgan fingerprint density at radius 1 is 1.17 bits per heavy atom. The summed E-state index contributed by atoms with van der Waals surface area (Å²) < 4.78 is 0. The van der Waals surface area contributed by atoms with Crippen LogP contribution in [-0.2, 0) is 13.0 Å². The van der Waals surface area contributed by atoms with E-state index in [1.165, 1.54) is 6.33 Å². The lowest BCUT2D eigenvalue weighted by Gasteiger charge is -2.11. The van der Waals surface area contributed by atoms with Crippen LogP contribution in [0.1, 0.15) is 18.1 Å². The molecule has 0 spiro atoms. The number of hydrogen-bond donors (Lipinski definition) is 1. The van der Waals surface area contributed by atoms with Crippen molar-refractivity contribution in [2.75, 3.05) is 5.32 Å². The molecule has 2 aromatic rings. The molecule has 1 aromatic heterocycles. The van der Waals surface area contributed by atoms with Gasteiger partial charge in [-0.2, -0.15) is 0 Å². The second-order valence-electron chi connectivity index (χ2n) is 3.79. The zero-order valence-electron chi connectivity index (χ0n) is 9.95. The van der Waals surface area contributed by atoms with Gasteiger partial charge in [-0.1, -0.05) is 48.3 Å². The van der Waals surface area contributed by atoms with E-state index in [2.05, 4.69) is 15.3 Å². The van der Waals surface area contributed by atoms with Crippen LogP contribution in [0, 0.1) is 0 Å². The zero-order chi connectivity index (χ0) is 13.0. The van der Waals surface area contributed by atoms with E-state index >= 15 is 0 Å². The van der Waals surface area contributed by atoms with Crippen LogP contribution < -0.4 is 5.32 Å². The quantitative estimate of drug-likeness (QED) is 0.862. The number of benzene rings is 1. The minimum Gasteiger partial charge on any atom is -0.366 e. The summed E-state index contributed by atoms with van der Waals surface area (Å²) in [6, 6.07) is 7.71. The summed E-state index contributed by atoms with van der Waals surface area (Å²) in [5, 5.41) is 4.48. The number of hydrogen-bond acceptors (Lipinski definition) is 3. The summed E-state index contributed by atoms with van der Waals surface area (Å²) in [7, 11) is 0. The lowest BCUT2D eigenvalue weighted by atomic mass is 10.2. The number of nitrogens with zero attached hydrogens (tertiary/aromatic N) is 2. The van der Waals surface area contributed by atoms with Gasteiger partial charge in [0.25, 0.3) is 0 Å². The normalized spacial score (nSPS) is 10.4. The fourth-order valence-electron chi connectivity index (χ4n) is 1.68. The van der Waals surface area contributed by atoms with Gasteiger partial charge < -0.3 is 5.32 Å². The molecule has 0 amide bonds. The van der Waals surface area contributed by atoms with Gasteiger partial charge in [-0.05, 0) is 18.1 Å². The maximum atomic E-state index is 6.10. The fraction of sp³-hybridized carbons (Fsp3) is 0.231. The molecule has 0 fully saturated rings. The van der Waals surface area contributed by atoms with Crippen LogP contribution in [0.25, 0.3) is 0 Å². The van der Waals surface area contributed by atoms with Gasteiger partial charge in [0.05, 0.1) is 0 Å².